The molecular formula is C20H29N5O2. The highest BCUT2D eigenvalue weighted by Crippen LogP contribution is 2.23. The first kappa shape index (κ1) is 19.2. The molecule has 0 unspecified atom stereocenters. The highest BCUT2D eigenvalue weighted by molar-refractivity contribution is 5.80. The first-order valence-corrected chi connectivity index (χ1v) is 9.52. The molecule has 7 nitrogen and oxygen atoms in total. The molecule has 1 saturated heterocycles. The van der Waals surface area contributed by atoms with Crippen LogP contribution in [0, 0.1) is 5.92 Å². The molecule has 7 heteroatoms. The Morgan fingerprint density at radius 1 is 1.22 bits per heavy atom. The molecule has 0 radical (unpaired) electrons. The smallest absolute Gasteiger partial charge is 0.410 e. The van der Waals surface area contributed by atoms with Crippen LogP contribution >= 0.6 is 0 Å². The van der Waals surface area contributed by atoms with E-state index >= 15 is 0 Å². The molecule has 3 rings (SSSR count). The number of benzene rings is 1. The number of para-hydroxylation sites is 2. The first-order valence-electron chi connectivity index (χ1n) is 9.52. The molecule has 0 saturated carbocycles. The van der Waals surface area contributed by atoms with Gasteiger partial charge in [0.2, 0.25) is 0 Å². The zero-order valence-corrected chi connectivity index (χ0v) is 16.6. The maximum atomic E-state index is 12.3. The van der Waals surface area contributed by atoms with Crippen molar-refractivity contribution < 1.29 is 9.53 Å². The molecule has 1 aliphatic rings. The number of amides is 1. The van der Waals surface area contributed by atoms with Crippen molar-refractivity contribution in [2.24, 2.45) is 5.92 Å². The van der Waals surface area contributed by atoms with E-state index in [1.165, 1.54) is 0 Å². The normalized spacial score (nSPS) is 17.6. The van der Waals surface area contributed by atoms with Crippen molar-refractivity contribution in [1.82, 2.24) is 14.9 Å². The molecule has 0 spiro atoms. The predicted octanol–water partition coefficient (Wildman–Crippen LogP) is 3.73. The lowest BCUT2D eigenvalue weighted by atomic mass is 9.98. The quantitative estimate of drug-likeness (QED) is 0.852. The van der Waals surface area contributed by atoms with Crippen molar-refractivity contribution in [3.8, 4) is 0 Å². The Morgan fingerprint density at radius 2 is 1.89 bits per heavy atom. The molecular weight excluding hydrogens is 342 g/mol. The average molecular weight is 371 g/mol. The van der Waals surface area contributed by atoms with E-state index in [2.05, 4.69) is 15.6 Å². The van der Waals surface area contributed by atoms with Gasteiger partial charge in [0.1, 0.15) is 5.60 Å². The van der Waals surface area contributed by atoms with Crippen molar-refractivity contribution >= 4 is 28.8 Å². The molecule has 0 bridgehead atoms. The van der Waals surface area contributed by atoms with Gasteiger partial charge in [0.25, 0.3) is 0 Å². The van der Waals surface area contributed by atoms with Crippen LogP contribution in [0.15, 0.2) is 24.3 Å². The number of aromatic nitrogens is 2. The zero-order chi connectivity index (χ0) is 19.4. The van der Waals surface area contributed by atoms with Crippen molar-refractivity contribution in [2.75, 3.05) is 37.3 Å². The van der Waals surface area contributed by atoms with Gasteiger partial charge in [0.05, 0.1) is 11.0 Å². The molecule has 1 aromatic heterocycles. The summed E-state index contributed by atoms with van der Waals surface area (Å²) < 4.78 is 5.51. The van der Waals surface area contributed by atoms with Crippen LogP contribution in [0.25, 0.3) is 11.0 Å². The monoisotopic (exact) mass is 371 g/mol. The van der Waals surface area contributed by atoms with E-state index in [0.717, 1.165) is 48.6 Å². The Bertz CT molecular complexity index is 803. The summed E-state index contributed by atoms with van der Waals surface area (Å²) in [7, 11) is 1.84. The maximum Gasteiger partial charge on any atom is 0.410 e. The Labute approximate surface area is 160 Å². The van der Waals surface area contributed by atoms with Crippen LogP contribution in [0.2, 0.25) is 0 Å². The fourth-order valence-electron chi connectivity index (χ4n) is 3.26. The van der Waals surface area contributed by atoms with E-state index in [0.29, 0.717) is 12.5 Å². The number of ether oxygens (including phenoxy) is 1. The molecule has 27 heavy (non-hydrogen) atoms. The van der Waals surface area contributed by atoms with Crippen LogP contribution in [0.1, 0.15) is 33.6 Å². The van der Waals surface area contributed by atoms with Gasteiger partial charge in [-0.05, 0) is 51.7 Å². The van der Waals surface area contributed by atoms with E-state index in [4.69, 9.17) is 9.72 Å². The number of nitrogens with one attached hydrogen (secondary N) is 2. The van der Waals surface area contributed by atoms with Crippen LogP contribution in [-0.2, 0) is 4.74 Å². The van der Waals surface area contributed by atoms with Gasteiger partial charge < -0.3 is 20.3 Å². The molecule has 1 atom stereocenters. The Kier molecular flexibility index (Phi) is 5.68. The lowest BCUT2D eigenvalue weighted by Crippen LogP contribution is -2.44. The predicted molar refractivity (Wildman–Crippen MR) is 108 cm³/mol. The summed E-state index contributed by atoms with van der Waals surface area (Å²) in [6.45, 7) is 7.87. The number of hydrogen-bond donors (Lipinski definition) is 2. The molecule has 2 heterocycles. The third-order valence-corrected chi connectivity index (χ3v) is 4.54. The number of anilines is 2. The number of fused-ring (bicyclic) bond motifs is 1. The van der Waals surface area contributed by atoms with Crippen molar-refractivity contribution in [3.63, 3.8) is 0 Å². The van der Waals surface area contributed by atoms with Crippen molar-refractivity contribution in [3.05, 3.63) is 24.3 Å². The number of likely N-dealkylation sites (tertiary alicyclic amines) is 1. The van der Waals surface area contributed by atoms with Gasteiger partial charge in [0.15, 0.2) is 11.6 Å². The van der Waals surface area contributed by atoms with Crippen LogP contribution in [0.3, 0.4) is 0 Å². The summed E-state index contributed by atoms with van der Waals surface area (Å²) in [6, 6.07) is 7.82. The summed E-state index contributed by atoms with van der Waals surface area (Å²) >= 11 is 0. The van der Waals surface area contributed by atoms with E-state index in [1.54, 1.807) is 0 Å². The third-order valence-electron chi connectivity index (χ3n) is 4.54. The van der Waals surface area contributed by atoms with E-state index in [9.17, 15) is 4.79 Å². The minimum atomic E-state index is -0.468. The second-order valence-electron chi connectivity index (χ2n) is 7.98. The van der Waals surface area contributed by atoms with E-state index in [-0.39, 0.29) is 6.09 Å². The fraction of sp³-hybridized carbons (Fsp3) is 0.550. The minimum Gasteiger partial charge on any atom is -0.444 e. The molecule has 1 aliphatic heterocycles. The summed E-state index contributed by atoms with van der Waals surface area (Å²) in [6.07, 6.45) is 1.82. The second kappa shape index (κ2) is 7.98. The molecule has 2 aromatic rings. The summed E-state index contributed by atoms with van der Waals surface area (Å²) in [5.41, 5.74) is 1.25. The largest absolute Gasteiger partial charge is 0.444 e. The Morgan fingerprint density at radius 3 is 2.52 bits per heavy atom. The van der Waals surface area contributed by atoms with Gasteiger partial charge in [-0.1, -0.05) is 12.1 Å². The van der Waals surface area contributed by atoms with E-state index < -0.39 is 5.60 Å². The molecule has 1 aromatic carbocycles. The summed E-state index contributed by atoms with van der Waals surface area (Å²) in [5, 5.41) is 6.53. The Hall–Kier alpha value is -2.57. The number of piperidine rings is 1. The van der Waals surface area contributed by atoms with Gasteiger partial charge >= 0.3 is 6.09 Å². The van der Waals surface area contributed by atoms with Gasteiger partial charge in [-0.2, -0.15) is 0 Å². The van der Waals surface area contributed by atoms with Gasteiger partial charge in [0, 0.05) is 26.7 Å². The minimum absolute atomic E-state index is 0.228. The molecule has 1 amide bonds. The molecule has 2 N–H and O–H groups in total. The molecule has 1 fully saturated rings. The topological polar surface area (TPSA) is 79.4 Å². The lowest BCUT2D eigenvalue weighted by Gasteiger charge is -2.34. The number of nitrogens with zero attached hydrogens (tertiary/aromatic N) is 3. The highest BCUT2D eigenvalue weighted by atomic mass is 16.6. The maximum absolute atomic E-state index is 12.3. The third kappa shape index (κ3) is 4.99. The van der Waals surface area contributed by atoms with Crippen molar-refractivity contribution in [2.45, 2.75) is 39.2 Å². The fourth-order valence-corrected chi connectivity index (χ4v) is 3.26. The van der Waals surface area contributed by atoms with E-state index in [1.807, 2.05) is 57.0 Å². The standard InChI is InChI=1S/C20H29N5O2/c1-20(2,3)27-19(26)25-11-7-8-14(13-25)12-22-18-17(21-4)23-15-9-5-6-10-16(15)24-18/h5-6,9-10,14H,7-8,11-13H2,1-4H3,(H,21,23)(H,22,24)/t14-/m1/s1. The number of hydrogen-bond acceptors (Lipinski definition) is 6. The highest BCUT2D eigenvalue weighted by Gasteiger charge is 2.27. The average Bonchev–Trinajstić information content (AvgIpc) is 2.64. The van der Waals surface area contributed by atoms with Crippen molar-refractivity contribution in [1.29, 1.82) is 0 Å². The molecule has 0 aliphatic carbocycles. The number of carbonyl (C=O) groups is 1. The van der Waals surface area contributed by atoms with Crippen LogP contribution in [0.5, 0.6) is 0 Å². The lowest BCUT2D eigenvalue weighted by molar-refractivity contribution is 0.0172. The first-order chi connectivity index (χ1) is 12.9. The second-order valence-corrected chi connectivity index (χ2v) is 7.98. The van der Waals surface area contributed by atoms with Gasteiger partial charge in [-0.3, -0.25) is 0 Å². The van der Waals surface area contributed by atoms with Gasteiger partial charge in [-0.15, -0.1) is 0 Å². The van der Waals surface area contributed by atoms with Crippen LogP contribution < -0.4 is 10.6 Å². The van der Waals surface area contributed by atoms with Crippen LogP contribution in [0.4, 0.5) is 16.4 Å². The van der Waals surface area contributed by atoms with Crippen LogP contribution in [-0.4, -0.2) is 53.2 Å². The number of carbonyl (C=O) groups excluding carboxylic acids is 1. The SMILES string of the molecule is CNc1nc2ccccc2nc1NC[C@H]1CCCN(C(=O)OC(C)(C)C)C1. The van der Waals surface area contributed by atoms with Gasteiger partial charge in [-0.25, -0.2) is 14.8 Å². The summed E-state index contributed by atoms with van der Waals surface area (Å²) in [4.78, 5) is 23.5. The zero-order valence-electron chi connectivity index (χ0n) is 16.6. The molecule has 146 valence electrons. The number of rotatable bonds is 4. The summed E-state index contributed by atoms with van der Waals surface area (Å²) in [5.74, 6) is 1.82. The Balaban J connectivity index is 1.64.